The minimum absolute atomic E-state index is 0.0352. The van der Waals surface area contributed by atoms with Crippen molar-refractivity contribution in [3.63, 3.8) is 0 Å². The molecule has 0 unspecified atom stereocenters. The quantitative estimate of drug-likeness (QED) is 0.400. The molecule has 0 atom stereocenters. The topological polar surface area (TPSA) is 92.8 Å². The van der Waals surface area contributed by atoms with Crippen LogP contribution in [0.5, 0.6) is 5.75 Å². The third-order valence-corrected chi connectivity index (χ3v) is 5.96. The lowest BCUT2D eigenvalue weighted by atomic mass is 9.87. The summed E-state index contributed by atoms with van der Waals surface area (Å²) in [6.07, 6.45) is 0. The molecule has 1 N–H and O–H groups in total. The standard InChI is InChI=1S/C23H24ClN5O2S/c1-23(2,3)16-7-5-15(6-8-16)21-27-28-22(32-14-20(30)26-12-11-25)29(21)17-9-10-19(31-4)18(24)13-17/h5-10,13H,12,14H2,1-4H3,(H,26,30). The van der Waals surface area contributed by atoms with Crippen LogP contribution >= 0.6 is 23.4 Å². The normalized spacial score (nSPS) is 11.1. The molecular weight excluding hydrogens is 446 g/mol. The van der Waals surface area contributed by atoms with Crippen molar-refractivity contribution in [2.45, 2.75) is 31.3 Å². The van der Waals surface area contributed by atoms with Crippen LogP contribution in [-0.2, 0) is 10.2 Å². The van der Waals surface area contributed by atoms with E-state index in [0.29, 0.717) is 21.8 Å². The highest BCUT2D eigenvalue weighted by molar-refractivity contribution is 7.99. The average molecular weight is 470 g/mol. The Bertz CT molecular complexity index is 1150. The number of hydrogen-bond acceptors (Lipinski definition) is 6. The molecule has 2 aromatic carbocycles. The summed E-state index contributed by atoms with van der Waals surface area (Å²) in [6, 6.07) is 15.5. The lowest BCUT2D eigenvalue weighted by molar-refractivity contribution is -0.118. The lowest BCUT2D eigenvalue weighted by Crippen LogP contribution is -2.25. The van der Waals surface area contributed by atoms with Crippen LogP contribution < -0.4 is 10.1 Å². The van der Waals surface area contributed by atoms with E-state index in [9.17, 15) is 4.79 Å². The molecule has 166 valence electrons. The second kappa shape index (κ2) is 10.1. The summed E-state index contributed by atoms with van der Waals surface area (Å²) in [5.41, 5.74) is 2.88. The Kier molecular flexibility index (Phi) is 7.44. The van der Waals surface area contributed by atoms with E-state index in [1.807, 2.05) is 28.8 Å². The molecule has 0 saturated carbocycles. The van der Waals surface area contributed by atoms with Gasteiger partial charge in [0.2, 0.25) is 5.91 Å². The highest BCUT2D eigenvalue weighted by Crippen LogP contribution is 2.33. The van der Waals surface area contributed by atoms with Crippen molar-refractivity contribution in [3.05, 3.63) is 53.1 Å². The fourth-order valence-electron chi connectivity index (χ4n) is 3.02. The number of nitrogens with one attached hydrogen (secondary N) is 1. The highest BCUT2D eigenvalue weighted by atomic mass is 35.5. The number of rotatable bonds is 7. The monoisotopic (exact) mass is 469 g/mol. The van der Waals surface area contributed by atoms with Crippen LogP contribution in [0.3, 0.4) is 0 Å². The molecule has 0 aliphatic heterocycles. The Morgan fingerprint density at radius 2 is 1.94 bits per heavy atom. The van der Waals surface area contributed by atoms with Crippen molar-refractivity contribution in [1.29, 1.82) is 5.26 Å². The predicted octanol–water partition coefficient (Wildman–Crippen LogP) is 4.63. The molecule has 1 heterocycles. The summed E-state index contributed by atoms with van der Waals surface area (Å²) in [7, 11) is 1.56. The van der Waals surface area contributed by atoms with Gasteiger partial charge in [0.25, 0.3) is 0 Å². The van der Waals surface area contributed by atoms with Crippen LogP contribution in [-0.4, -0.2) is 40.1 Å². The van der Waals surface area contributed by atoms with Gasteiger partial charge in [0.15, 0.2) is 11.0 Å². The first-order chi connectivity index (χ1) is 15.2. The SMILES string of the molecule is COc1ccc(-n2c(SCC(=O)NCC#N)nnc2-c2ccc(C(C)(C)C)cc2)cc1Cl. The van der Waals surface area contributed by atoms with Crippen molar-refractivity contribution in [3.8, 4) is 28.9 Å². The molecule has 9 heteroatoms. The smallest absolute Gasteiger partial charge is 0.231 e. The van der Waals surface area contributed by atoms with E-state index >= 15 is 0 Å². The number of methoxy groups -OCH3 is 1. The Hall–Kier alpha value is -3.02. The maximum absolute atomic E-state index is 12.0. The van der Waals surface area contributed by atoms with Gasteiger partial charge in [-0.25, -0.2) is 0 Å². The summed E-state index contributed by atoms with van der Waals surface area (Å²) >= 11 is 7.60. The van der Waals surface area contributed by atoms with Gasteiger partial charge in [0, 0.05) is 5.56 Å². The molecule has 0 radical (unpaired) electrons. The van der Waals surface area contributed by atoms with Crippen LogP contribution in [0.15, 0.2) is 47.6 Å². The molecule has 0 spiro atoms. The summed E-state index contributed by atoms with van der Waals surface area (Å²) in [4.78, 5) is 12.0. The van der Waals surface area contributed by atoms with Crippen molar-refractivity contribution in [2.75, 3.05) is 19.4 Å². The maximum atomic E-state index is 12.0. The number of aromatic nitrogens is 3. The van der Waals surface area contributed by atoms with Crippen molar-refractivity contribution >= 4 is 29.3 Å². The predicted molar refractivity (Wildman–Crippen MR) is 126 cm³/mol. The van der Waals surface area contributed by atoms with E-state index in [1.165, 1.54) is 17.3 Å². The molecule has 1 aromatic heterocycles. The largest absolute Gasteiger partial charge is 0.495 e. The summed E-state index contributed by atoms with van der Waals surface area (Å²) in [6.45, 7) is 6.45. The minimum atomic E-state index is -0.255. The lowest BCUT2D eigenvalue weighted by Gasteiger charge is -2.19. The number of thioether (sulfide) groups is 1. The van der Waals surface area contributed by atoms with E-state index < -0.39 is 0 Å². The number of hydrogen-bond donors (Lipinski definition) is 1. The molecule has 3 rings (SSSR count). The van der Waals surface area contributed by atoms with E-state index in [-0.39, 0.29) is 23.6 Å². The molecule has 0 bridgehead atoms. The third kappa shape index (κ3) is 5.42. The van der Waals surface area contributed by atoms with Gasteiger partial charge >= 0.3 is 0 Å². The Balaban J connectivity index is 2.02. The van der Waals surface area contributed by atoms with Crippen LogP contribution in [0.2, 0.25) is 5.02 Å². The second-order valence-corrected chi connectivity index (χ2v) is 9.36. The van der Waals surface area contributed by atoms with E-state index in [1.54, 1.807) is 19.2 Å². The molecule has 1 amide bonds. The van der Waals surface area contributed by atoms with Gasteiger partial charge in [-0.2, -0.15) is 5.26 Å². The molecule has 32 heavy (non-hydrogen) atoms. The summed E-state index contributed by atoms with van der Waals surface area (Å²) in [5, 5.41) is 20.9. The minimum Gasteiger partial charge on any atom is -0.495 e. The zero-order valence-electron chi connectivity index (χ0n) is 18.3. The van der Waals surface area contributed by atoms with Gasteiger partial charge in [0.05, 0.1) is 29.6 Å². The number of nitriles is 1. The van der Waals surface area contributed by atoms with E-state index in [0.717, 1.165) is 11.3 Å². The van der Waals surface area contributed by atoms with Gasteiger partial charge in [-0.05, 0) is 29.2 Å². The van der Waals surface area contributed by atoms with E-state index in [4.69, 9.17) is 21.6 Å². The number of carbonyl (C=O) groups is 1. The fourth-order valence-corrected chi connectivity index (χ4v) is 4.05. The Labute approximate surface area is 196 Å². The van der Waals surface area contributed by atoms with Crippen LogP contribution in [0.4, 0.5) is 0 Å². The maximum Gasteiger partial charge on any atom is 0.231 e. The van der Waals surface area contributed by atoms with Gasteiger partial charge in [-0.1, -0.05) is 68.4 Å². The number of ether oxygens (including phenoxy) is 1. The fraction of sp³-hybridized carbons (Fsp3) is 0.304. The zero-order valence-corrected chi connectivity index (χ0v) is 19.9. The number of benzene rings is 2. The molecule has 3 aromatic rings. The number of amides is 1. The highest BCUT2D eigenvalue weighted by Gasteiger charge is 2.19. The van der Waals surface area contributed by atoms with Crippen LogP contribution in [0.25, 0.3) is 17.1 Å². The summed E-state index contributed by atoms with van der Waals surface area (Å²) in [5.74, 6) is 1.04. The summed E-state index contributed by atoms with van der Waals surface area (Å²) < 4.78 is 7.13. The van der Waals surface area contributed by atoms with Gasteiger partial charge in [-0.3, -0.25) is 9.36 Å². The molecule has 0 aliphatic rings. The number of halogens is 1. The Morgan fingerprint density at radius 3 is 2.53 bits per heavy atom. The van der Waals surface area contributed by atoms with Gasteiger partial charge in [0.1, 0.15) is 12.3 Å². The van der Waals surface area contributed by atoms with Gasteiger partial charge < -0.3 is 10.1 Å². The number of carbonyl (C=O) groups excluding carboxylic acids is 1. The van der Waals surface area contributed by atoms with Crippen molar-refractivity contribution < 1.29 is 9.53 Å². The third-order valence-electron chi connectivity index (χ3n) is 4.73. The molecule has 0 saturated heterocycles. The van der Waals surface area contributed by atoms with Crippen molar-refractivity contribution in [2.24, 2.45) is 0 Å². The number of nitrogens with zero attached hydrogens (tertiary/aromatic N) is 4. The molecule has 0 aliphatic carbocycles. The van der Waals surface area contributed by atoms with Crippen LogP contribution in [0.1, 0.15) is 26.3 Å². The zero-order chi connectivity index (χ0) is 23.3. The molecule has 7 nitrogen and oxygen atoms in total. The van der Waals surface area contributed by atoms with Crippen molar-refractivity contribution in [1.82, 2.24) is 20.1 Å². The van der Waals surface area contributed by atoms with Gasteiger partial charge in [-0.15, -0.1) is 10.2 Å². The Morgan fingerprint density at radius 1 is 1.22 bits per heavy atom. The second-order valence-electron chi connectivity index (χ2n) is 8.01. The molecule has 0 fully saturated rings. The average Bonchev–Trinajstić information content (AvgIpc) is 3.19. The first-order valence-corrected chi connectivity index (χ1v) is 11.3. The first-order valence-electron chi connectivity index (χ1n) is 9.91. The van der Waals surface area contributed by atoms with E-state index in [2.05, 4.69) is 48.4 Å². The first kappa shape index (κ1) is 23.6. The van der Waals surface area contributed by atoms with Crippen LogP contribution in [0, 0.1) is 11.3 Å². The molecular formula is C23H24ClN5O2S.